The Hall–Kier alpha value is -2.37. The lowest BCUT2D eigenvalue weighted by molar-refractivity contribution is 0.0762. The smallest absolute Gasteiger partial charge is 0.395 e. The number of hydrogen-bond donors (Lipinski definition) is 0. The summed E-state index contributed by atoms with van der Waals surface area (Å²) < 4.78 is 21.5. The minimum absolute atomic E-state index is 0.00130. The van der Waals surface area contributed by atoms with Gasteiger partial charge in [0.1, 0.15) is 11.5 Å². The fourth-order valence-electron chi connectivity index (χ4n) is 2.52. The lowest BCUT2D eigenvalue weighted by atomic mass is 10.1. The van der Waals surface area contributed by atoms with Gasteiger partial charge in [-0.25, -0.2) is 4.79 Å². The van der Waals surface area contributed by atoms with E-state index < -0.39 is 6.16 Å². The lowest BCUT2D eigenvalue weighted by Crippen LogP contribution is -2.14. The second kappa shape index (κ2) is 9.94. The van der Waals surface area contributed by atoms with Crippen LogP contribution in [0.4, 0.5) is 4.79 Å². The first-order valence-corrected chi connectivity index (χ1v) is 8.86. The zero-order chi connectivity index (χ0) is 18.9. The summed E-state index contributed by atoms with van der Waals surface area (Å²) in [5.74, 6) is 0.841. The molecule has 0 amide bonds. The average molecular weight is 358 g/mol. The van der Waals surface area contributed by atoms with Gasteiger partial charge < -0.3 is 18.9 Å². The van der Waals surface area contributed by atoms with E-state index in [0.717, 1.165) is 11.1 Å². The fourth-order valence-corrected chi connectivity index (χ4v) is 2.52. The van der Waals surface area contributed by atoms with Crippen LogP contribution in [0.25, 0.3) is 0 Å². The van der Waals surface area contributed by atoms with Gasteiger partial charge in [0, 0.05) is 13.2 Å². The number of hydrogen-bond acceptors (Lipinski definition) is 5. The van der Waals surface area contributed by atoms with Crippen molar-refractivity contribution in [1.29, 1.82) is 0 Å². The predicted molar refractivity (Wildman–Crippen MR) is 99.6 cm³/mol. The van der Waals surface area contributed by atoms with Gasteiger partial charge in [-0.15, -0.1) is 0 Å². The van der Waals surface area contributed by atoms with Gasteiger partial charge in [-0.3, -0.25) is 0 Å². The standard InChI is InChI=1S/C21H26O5/c1-5-23-15(3)17-7-11-19(12-8-17)25-21(22)26-20-13-9-18(10-14-20)16(4)24-6-2/h7-16H,5-6H2,1-4H3. The molecule has 2 atom stereocenters. The zero-order valence-corrected chi connectivity index (χ0v) is 15.7. The Labute approximate surface area is 154 Å². The first-order valence-electron chi connectivity index (χ1n) is 8.86. The van der Waals surface area contributed by atoms with Crippen molar-refractivity contribution in [1.82, 2.24) is 0 Å². The molecule has 0 aromatic heterocycles. The second-order valence-corrected chi connectivity index (χ2v) is 5.79. The zero-order valence-electron chi connectivity index (χ0n) is 15.7. The summed E-state index contributed by atoms with van der Waals surface area (Å²) in [6.07, 6.45) is -0.779. The van der Waals surface area contributed by atoms with Gasteiger partial charge in [-0.2, -0.15) is 0 Å². The molecule has 2 unspecified atom stereocenters. The van der Waals surface area contributed by atoms with E-state index in [1.807, 2.05) is 52.0 Å². The Balaban J connectivity index is 1.90. The van der Waals surface area contributed by atoms with Crippen LogP contribution in [0.2, 0.25) is 0 Å². The van der Waals surface area contributed by atoms with Crippen LogP contribution in [0.3, 0.4) is 0 Å². The maximum Gasteiger partial charge on any atom is 0.519 e. The van der Waals surface area contributed by atoms with Crippen molar-refractivity contribution >= 4 is 6.16 Å². The Morgan fingerprint density at radius 1 is 0.731 bits per heavy atom. The van der Waals surface area contributed by atoms with E-state index in [9.17, 15) is 4.79 Å². The van der Waals surface area contributed by atoms with Crippen molar-refractivity contribution in [2.75, 3.05) is 13.2 Å². The average Bonchev–Trinajstić information content (AvgIpc) is 2.63. The summed E-state index contributed by atoms with van der Waals surface area (Å²) in [5.41, 5.74) is 2.04. The maximum absolute atomic E-state index is 11.9. The van der Waals surface area contributed by atoms with Gasteiger partial charge in [0.05, 0.1) is 12.2 Å². The number of ether oxygens (including phenoxy) is 4. The molecular formula is C21H26O5. The molecule has 2 aromatic rings. The molecule has 0 spiro atoms. The van der Waals surface area contributed by atoms with Crippen LogP contribution in [0, 0.1) is 0 Å². The van der Waals surface area contributed by atoms with E-state index in [0.29, 0.717) is 24.7 Å². The summed E-state index contributed by atoms with van der Waals surface area (Å²) in [6, 6.07) is 14.4. The fraction of sp³-hybridized carbons (Fsp3) is 0.381. The van der Waals surface area contributed by atoms with E-state index in [1.165, 1.54) is 0 Å². The lowest BCUT2D eigenvalue weighted by Gasteiger charge is -2.13. The third kappa shape index (κ3) is 5.86. The van der Waals surface area contributed by atoms with E-state index in [2.05, 4.69) is 0 Å². The number of carbonyl (C=O) groups is 1. The van der Waals surface area contributed by atoms with Crippen molar-refractivity contribution in [2.45, 2.75) is 39.9 Å². The molecule has 0 saturated heterocycles. The van der Waals surface area contributed by atoms with Crippen LogP contribution in [-0.4, -0.2) is 19.4 Å². The summed E-state index contributed by atoms with van der Waals surface area (Å²) in [5, 5.41) is 0. The molecule has 2 aromatic carbocycles. The molecule has 0 heterocycles. The van der Waals surface area contributed by atoms with Crippen molar-refractivity contribution in [3.8, 4) is 11.5 Å². The number of benzene rings is 2. The highest BCUT2D eigenvalue weighted by Gasteiger charge is 2.11. The molecule has 0 aliphatic carbocycles. The minimum Gasteiger partial charge on any atom is -0.395 e. The molecule has 0 bridgehead atoms. The normalized spacial score (nSPS) is 13.1. The molecule has 0 N–H and O–H groups in total. The molecule has 0 saturated carbocycles. The van der Waals surface area contributed by atoms with Gasteiger partial charge in [-0.1, -0.05) is 24.3 Å². The van der Waals surface area contributed by atoms with Gasteiger partial charge in [0.25, 0.3) is 0 Å². The van der Waals surface area contributed by atoms with Crippen molar-refractivity contribution in [3.05, 3.63) is 59.7 Å². The monoisotopic (exact) mass is 358 g/mol. The first-order chi connectivity index (χ1) is 12.5. The Morgan fingerprint density at radius 2 is 1.08 bits per heavy atom. The summed E-state index contributed by atoms with van der Waals surface area (Å²) in [4.78, 5) is 11.9. The third-order valence-electron chi connectivity index (χ3n) is 3.93. The topological polar surface area (TPSA) is 54.0 Å². The van der Waals surface area contributed by atoms with Gasteiger partial charge in [0.15, 0.2) is 0 Å². The van der Waals surface area contributed by atoms with E-state index in [4.69, 9.17) is 18.9 Å². The van der Waals surface area contributed by atoms with Gasteiger partial charge >= 0.3 is 6.16 Å². The van der Waals surface area contributed by atoms with Crippen LogP contribution < -0.4 is 9.47 Å². The molecule has 2 rings (SSSR count). The minimum atomic E-state index is -0.777. The van der Waals surface area contributed by atoms with Gasteiger partial charge in [0.2, 0.25) is 0 Å². The van der Waals surface area contributed by atoms with Crippen molar-refractivity contribution < 1.29 is 23.7 Å². The summed E-state index contributed by atoms with van der Waals surface area (Å²) in [7, 11) is 0. The van der Waals surface area contributed by atoms with Crippen LogP contribution in [-0.2, 0) is 9.47 Å². The Morgan fingerprint density at radius 3 is 1.38 bits per heavy atom. The number of carbonyl (C=O) groups excluding carboxylic acids is 1. The van der Waals surface area contributed by atoms with Crippen LogP contribution in [0.15, 0.2) is 48.5 Å². The Kier molecular flexibility index (Phi) is 7.63. The SMILES string of the molecule is CCOC(C)c1ccc(OC(=O)Oc2ccc(C(C)OCC)cc2)cc1. The molecule has 5 heteroatoms. The molecule has 140 valence electrons. The highest BCUT2D eigenvalue weighted by atomic mass is 16.7. The van der Waals surface area contributed by atoms with E-state index >= 15 is 0 Å². The van der Waals surface area contributed by atoms with Gasteiger partial charge in [-0.05, 0) is 63.1 Å². The predicted octanol–water partition coefficient (Wildman–Crippen LogP) is 5.46. The second-order valence-electron chi connectivity index (χ2n) is 5.79. The van der Waals surface area contributed by atoms with E-state index in [-0.39, 0.29) is 12.2 Å². The highest BCUT2D eigenvalue weighted by molar-refractivity contribution is 5.67. The number of rotatable bonds is 8. The third-order valence-corrected chi connectivity index (χ3v) is 3.93. The van der Waals surface area contributed by atoms with Crippen molar-refractivity contribution in [3.63, 3.8) is 0 Å². The van der Waals surface area contributed by atoms with Crippen LogP contribution >= 0.6 is 0 Å². The molecule has 0 aliphatic rings. The summed E-state index contributed by atoms with van der Waals surface area (Å²) in [6.45, 7) is 9.15. The maximum atomic E-state index is 11.9. The van der Waals surface area contributed by atoms with Crippen LogP contribution in [0.5, 0.6) is 11.5 Å². The quantitative estimate of drug-likeness (QED) is 0.463. The summed E-state index contributed by atoms with van der Waals surface area (Å²) >= 11 is 0. The molecule has 0 aliphatic heterocycles. The van der Waals surface area contributed by atoms with Crippen molar-refractivity contribution in [2.24, 2.45) is 0 Å². The highest BCUT2D eigenvalue weighted by Crippen LogP contribution is 2.22. The van der Waals surface area contributed by atoms with Crippen LogP contribution in [0.1, 0.15) is 51.0 Å². The molecular weight excluding hydrogens is 332 g/mol. The van der Waals surface area contributed by atoms with E-state index in [1.54, 1.807) is 24.3 Å². The first kappa shape index (κ1) is 19.9. The molecule has 26 heavy (non-hydrogen) atoms. The molecule has 0 radical (unpaired) electrons. The molecule has 5 nitrogen and oxygen atoms in total. The molecule has 0 fully saturated rings. The largest absolute Gasteiger partial charge is 0.519 e. The Bertz CT molecular complexity index is 619.